The Hall–Kier alpha value is -2.09. The summed E-state index contributed by atoms with van der Waals surface area (Å²) in [6.07, 6.45) is -0.659. The van der Waals surface area contributed by atoms with Gasteiger partial charge in [-0.05, 0) is 11.4 Å². The molecule has 1 aromatic rings. The van der Waals surface area contributed by atoms with Crippen LogP contribution in [0.25, 0.3) is 0 Å². The van der Waals surface area contributed by atoms with E-state index in [-0.39, 0.29) is 0 Å². The van der Waals surface area contributed by atoms with Crippen molar-refractivity contribution in [1.82, 2.24) is 10.2 Å². The van der Waals surface area contributed by atoms with Gasteiger partial charge in [-0.2, -0.15) is 0 Å². The Labute approximate surface area is 113 Å². The van der Waals surface area contributed by atoms with E-state index in [1.165, 1.54) is 23.3 Å². The molecule has 1 aromatic heterocycles. The predicted octanol–water partition coefficient (Wildman–Crippen LogP) is 0.817. The van der Waals surface area contributed by atoms with Gasteiger partial charge in [-0.25, -0.2) is 9.59 Å². The zero-order chi connectivity index (χ0) is 14.4. The molecule has 0 aliphatic rings. The van der Waals surface area contributed by atoms with Crippen molar-refractivity contribution in [3.8, 4) is 0 Å². The van der Waals surface area contributed by atoms with Gasteiger partial charge in [-0.1, -0.05) is 6.07 Å². The van der Waals surface area contributed by atoms with Crippen LogP contribution in [0.4, 0.5) is 4.79 Å². The molecule has 104 valence electrons. The first-order chi connectivity index (χ1) is 8.90. The van der Waals surface area contributed by atoms with E-state index in [1.807, 2.05) is 17.5 Å². The molecule has 0 spiro atoms. The molecule has 0 fully saturated rings. The monoisotopic (exact) mass is 286 g/mol. The van der Waals surface area contributed by atoms with Gasteiger partial charge in [0.05, 0.1) is 13.0 Å². The average molecular weight is 286 g/mol. The van der Waals surface area contributed by atoms with Crippen LogP contribution in [0, 0.1) is 0 Å². The third-order valence-corrected chi connectivity index (χ3v) is 3.16. The topological polar surface area (TPSA) is 107 Å². The SMILES string of the molecule is CN(Cc1cccs1)C(=O)N[C@H](CC(=O)O)C(=O)O. The highest BCUT2D eigenvalue weighted by Crippen LogP contribution is 2.10. The molecule has 0 saturated carbocycles. The number of thiophene rings is 1. The minimum absolute atomic E-state index is 0.336. The first-order valence-corrected chi connectivity index (χ1v) is 6.26. The number of aliphatic carboxylic acids is 2. The molecule has 0 aliphatic carbocycles. The molecule has 0 bridgehead atoms. The highest BCUT2D eigenvalue weighted by atomic mass is 32.1. The summed E-state index contributed by atoms with van der Waals surface area (Å²) < 4.78 is 0. The largest absolute Gasteiger partial charge is 0.481 e. The molecule has 1 atom stereocenters. The standard InChI is InChI=1S/C11H14N2O5S/c1-13(6-7-3-2-4-19-7)11(18)12-8(10(16)17)5-9(14)15/h2-4,8H,5-6H2,1H3,(H,12,18)(H,14,15)(H,16,17)/t8-/m1/s1. The highest BCUT2D eigenvalue weighted by Gasteiger charge is 2.24. The van der Waals surface area contributed by atoms with Crippen molar-refractivity contribution in [3.63, 3.8) is 0 Å². The van der Waals surface area contributed by atoms with Gasteiger partial charge in [0.15, 0.2) is 0 Å². The molecular weight excluding hydrogens is 272 g/mol. The van der Waals surface area contributed by atoms with E-state index in [1.54, 1.807) is 0 Å². The average Bonchev–Trinajstić information content (AvgIpc) is 2.79. The van der Waals surface area contributed by atoms with Gasteiger partial charge >= 0.3 is 18.0 Å². The van der Waals surface area contributed by atoms with Gasteiger partial charge in [-0.15, -0.1) is 11.3 Å². The molecule has 8 heteroatoms. The van der Waals surface area contributed by atoms with Crippen molar-refractivity contribution in [3.05, 3.63) is 22.4 Å². The van der Waals surface area contributed by atoms with Crippen molar-refractivity contribution >= 4 is 29.3 Å². The minimum Gasteiger partial charge on any atom is -0.481 e. The number of carbonyl (C=O) groups excluding carboxylic acids is 1. The normalized spacial score (nSPS) is 11.6. The lowest BCUT2D eigenvalue weighted by Crippen LogP contribution is -2.47. The molecule has 1 rings (SSSR count). The summed E-state index contributed by atoms with van der Waals surface area (Å²) in [6.45, 7) is 0.336. The predicted molar refractivity (Wildman–Crippen MR) is 68.0 cm³/mol. The van der Waals surface area contributed by atoms with Crippen LogP contribution in [0.5, 0.6) is 0 Å². The first kappa shape index (κ1) is 15.0. The summed E-state index contributed by atoms with van der Waals surface area (Å²) >= 11 is 1.47. The Morgan fingerprint density at radius 2 is 2.11 bits per heavy atom. The third-order valence-electron chi connectivity index (χ3n) is 2.29. The number of nitrogens with zero attached hydrogens (tertiary/aromatic N) is 1. The summed E-state index contributed by atoms with van der Waals surface area (Å²) in [5.74, 6) is -2.66. The molecule has 0 aromatic carbocycles. The second-order valence-corrected chi connectivity index (χ2v) is 4.91. The Morgan fingerprint density at radius 1 is 1.42 bits per heavy atom. The fraction of sp³-hybridized carbons (Fsp3) is 0.364. The van der Waals surface area contributed by atoms with Gasteiger partial charge in [0.1, 0.15) is 6.04 Å². The van der Waals surface area contributed by atoms with Crippen molar-refractivity contribution in [2.75, 3.05) is 7.05 Å². The number of urea groups is 1. The molecule has 0 unspecified atom stereocenters. The van der Waals surface area contributed by atoms with E-state index in [0.717, 1.165) is 4.88 Å². The Balaban J connectivity index is 2.56. The molecule has 0 saturated heterocycles. The molecule has 0 aliphatic heterocycles. The highest BCUT2D eigenvalue weighted by molar-refractivity contribution is 7.09. The van der Waals surface area contributed by atoms with Gasteiger partial charge in [0, 0.05) is 11.9 Å². The molecule has 1 heterocycles. The Bertz CT molecular complexity index is 460. The van der Waals surface area contributed by atoms with Crippen molar-refractivity contribution < 1.29 is 24.6 Å². The fourth-order valence-corrected chi connectivity index (χ4v) is 2.10. The van der Waals surface area contributed by atoms with E-state index in [2.05, 4.69) is 5.32 Å². The second kappa shape index (κ2) is 6.74. The summed E-state index contributed by atoms with van der Waals surface area (Å²) in [7, 11) is 1.51. The maximum Gasteiger partial charge on any atom is 0.326 e. The minimum atomic E-state index is -1.43. The quantitative estimate of drug-likeness (QED) is 0.717. The van der Waals surface area contributed by atoms with Crippen molar-refractivity contribution in [2.45, 2.75) is 19.0 Å². The number of amides is 2. The number of hydrogen-bond acceptors (Lipinski definition) is 4. The molecule has 3 N–H and O–H groups in total. The van der Waals surface area contributed by atoms with Crippen LogP contribution in [0.1, 0.15) is 11.3 Å². The lowest BCUT2D eigenvalue weighted by Gasteiger charge is -2.20. The molecule has 7 nitrogen and oxygen atoms in total. The van der Waals surface area contributed by atoms with Crippen LogP contribution in [-0.4, -0.2) is 46.2 Å². The van der Waals surface area contributed by atoms with E-state index in [9.17, 15) is 14.4 Å². The van der Waals surface area contributed by atoms with Crippen LogP contribution in [-0.2, 0) is 16.1 Å². The molecule has 19 heavy (non-hydrogen) atoms. The maximum absolute atomic E-state index is 11.7. The van der Waals surface area contributed by atoms with E-state index in [0.29, 0.717) is 6.54 Å². The second-order valence-electron chi connectivity index (χ2n) is 3.87. The van der Waals surface area contributed by atoms with Crippen LogP contribution in [0.2, 0.25) is 0 Å². The van der Waals surface area contributed by atoms with Gasteiger partial charge in [0.2, 0.25) is 0 Å². The first-order valence-electron chi connectivity index (χ1n) is 5.38. The number of carboxylic acid groups (broad SMARTS) is 2. The molecule has 0 radical (unpaired) electrons. The summed E-state index contributed by atoms with van der Waals surface area (Å²) in [5.41, 5.74) is 0. The summed E-state index contributed by atoms with van der Waals surface area (Å²) in [5, 5.41) is 21.4. The Kier molecular flexibility index (Phi) is 5.31. The fourth-order valence-electron chi connectivity index (χ4n) is 1.34. The van der Waals surface area contributed by atoms with Gasteiger partial charge in [0.25, 0.3) is 0 Å². The maximum atomic E-state index is 11.7. The number of hydrogen-bond donors (Lipinski definition) is 3. The number of carbonyl (C=O) groups is 3. The number of rotatable bonds is 6. The smallest absolute Gasteiger partial charge is 0.326 e. The van der Waals surface area contributed by atoms with E-state index >= 15 is 0 Å². The van der Waals surface area contributed by atoms with Crippen LogP contribution < -0.4 is 5.32 Å². The van der Waals surface area contributed by atoms with Crippen LogP contribution >= 0.6 is 11.3 Å². The lowest BCUT2D eigenvalue weighted by molar-refractivity contribution is -0.145. The molecular formula is C11H14N2O5S. The summed E-state index contributed by atoms with van der Waals surface area (Å²) in [6, 6.07) is 1.63. The van der Waals surface area contributed by atoms with E-state index in [4.69, 9.17) is 10.2 Å². The summed E-state index contributed by atoms with van der Waals surface area (Å²) in [4.78, 5) is 35.3. The number of carboxylic acids is 2. The zero-order valence-electron chi connectivity index (χ0n) is 10.2. The number of nitrogens with one attached hydrogen (secondary N) is 1. The van der Waals surface area contributed by atoms with Gasteiger partial charge in [-0.3, -0.25) is 4.79 Å². The van der Waals surface area contributed by atoms with Crippen LogP contribution in [0.15, 0.2) is 17.5 Å². The lowest BCUT2D eigenvalue weighted by atomic mass is 10.2. The Morgan fingerprint density at radius 3 is 2.58 bits per heavy atom. The third kappa shape index (κ3) is 4.96. The van der Waals surface area contributed by atoms with Crippen LogP contribution in [0.3, 0.4) is 0 Å². The van der Waals surface area contributed by atoms with E-state index < -0.39 is 30.4 Å². The van der Waals surface area contributed by atoms with Gasteiger partial charge < -0.3 is 20.4 Å². The zero-order valence-corrected chi connectivity index (χ0v) is 11.0. The van der Waals surface area contributed by atoms with Crippen molar-refractivity contribution in [2.24, 2.45) is 0 Å². The van der Waals surface area contributed by atoms with Crippen molar-refractivity contribution in [1.29, 1.82) is 0 Å². The molecule has 2 amide bonds.